The van der Waals surface area contributed by atoms with Gasteiger partial charge in [-0.15, -0.1) is 0 Å². The lowest BCUT2D eigenvalue weighted by atomic mass is 9.83. The molecule has 1 atom stereocenters. The summed E-state index contributed by atoms with van der Waals surface area (Å²) < 4.78 is 5.08. The van der Waals surface area contributed by atoms with Crippen LogP contribution >= 0.6 is 0 Å². The molecule has 25 heavy (non-hydrogen) atoms. The molecule has 2 aromatic heterocycles. The molecule has 1 aromatic carbocycles. The Labute approximate surface area is 140 Å². The van der Waals surface area contributed by atoms with Crippen molar-refractivity contribution in [1.82, 2.24) is 20.2 Å². The largest absolute Gasteiger partial charge is 0.504 e. The molecule has 0 aliphatic carbocycles. The number of hydrogen-bond acceptors (Lipinski definition) is 6. The molecule has 1 aliphatic rings. The zero-order chi connectivity index (χ0) is 17.7. The highest BCUT2D eigenvalue weighted by Crippen LogP contribution is 2.44. The molecule has 9 nitrogen and oxygen atoms in total. The second kappa shape index (κ2) is 5.26. The van der Waals surface area contributed by atoms with E-state index in [-0.39, 0.29) is 11.6 Å². The van der Waals surface area contributed by atoms with Gasteiger partial charge in [0.2, 0.25) is 0 Å². The number of aryl methyl sites for hydroxylation is 1. The summed E-state index contributed by atoms with van der Waals surface area (Å²) >= 11 is 0. The number of phenols is 1. The first-order valence-corrected chi connectivity index (χ1v) is 7.55. The minimum absolute atomic E-state index is 0.0383. The first-order valence-electron chi connectivity index (χ1n) is 7.55. The lowest BCUT2D eigenvalue weighted by Crippen LogP contribution is -2.31. The van der Waals surface area contributed by atoms with Gasteiger partial charge < -0.3 is 15.2 Å². The summed E-state index contributed by atoms with van der Waals surface area (Å²) in [5.41, 5.74) is 1.46. The van der Waals surface area contributed by atoms with Crippen molar-refractivity contribution in [3.63, 3.8) is 0 Å². The molecule has 0 unspecified atom stereocenters. The summed E-state index contributed by atoms with van der Waals surface area (Å²) in [4.78, 5) is 29.0. The fourth-order valence-corrected chi connectivity index (χ4v) is 3.24. The maximum Gasteiger partial charge on any atom is 0.327 e. The molecule has 1 aliphatic heterocycles. The lowest BCUT2D eigenvalue weighted by Gasteiger charge is -2.25. The normalized spacial score (nSPS) is 15.2. The molecule has 3 aromatic rings. The molecule has 0 fully saturated rings. The molecular weight excluding hydrogens is 326 g/mol. The Hall–Kier alpha value is -3.49. The zero-order valence-corrected chi connectivity index (χ0v) is 13.4. The first-order chi connectivity index (χ1) is 12.0. The van der Waals surface area contributed by atoms with Gasteiger partial charge in [-0.2, -0.15) is 5.10 Å². The Balaban J connectivity index is 2.02. The second-order valence-corrected chi connectivity index (χ2v) is 5.80. The van der Waals surface area contributed by atoms with Gasteiger partial charge in [-0.3, -0.25) is 19.9 Å². The van der Waals surface area contributed by atoms with Crippen LogP contribution in [-0.2, 0) is 0 Å². The third-order valence-electron chi connectivity index (χ3n) is 4.33. The molecule has 0 radical (unpaired) electrons. The summed E-state index contributed by atoms with van der Waals surface area (Å²) in [6.45, 7) is 1.84. The van der Waals surface area contributed by atoms with E-state index in [4.69, 9.17) is 4.74 Å². The van der Waals surface area contributed by atoms with Crippen LogP contribution in [0.5, 0.6) is 11.5 Å². The van der Waals surface area contributed by atoms with Crippen LogP contribution in [0.1, 0.15) is 28.3 Å². The average molecular weight is 341 g/mol. The van der Waals surface area contributed by atoms with Crippen molar-refractivity contribution in [2.75, 3.05) is 12.4 Å². The van der Waals surface area contributed by atoms with Gasteiger partial charge in [-0.1, -0.05) is 6.07 Å². The standard InChI is InChI=1S/C16H15N5O4/c1-6-10-11(7-3-4-9(25-2)8(22)5-7)12-13(17-14(10)21-20-6)18-16(24)19-15(12)23/h3-5,11,22H,1-2H3,(H4,17,18,19,20,21,23,24)/t11-/m1/s1. The van der Waals surface area contributed by atoms with E-state index in [2.05, 4.69) is 25.5 Å². The quantitative estimate of drug-likeness (QED) is 0.370. The molecule has 128 valence electrons. The number of nitrogens with one attached hydrogen (secondary N) is 4. The fraction of sp³-hybridized carbons (Fsp3) is 0.188. The highest BCUT2D eigenvalue weighted by molar-refractivity contribution is 5.71. The van der Waals surface area contributed by atoms with Crippen LogP contribution < -0.4 is 21.3 Å². The fourth-order valence-electron chi connectivity index (χ4n) is 3.24. The van der Waals surface area contributed by atoms with Gasteiger partial charge >= 0.3 is 5.69 Å². The van der Waals surface area contributed by atoms with Crippen LogP contribution in [0.15, 0.2) is 27.8 Å². The van der Waals surface area contributed by atoms with Crippen LogP contribution in [0.2, 0.25) is 0 Å². The highest BCUT2D eigenvalue weighted by Gasteiger charge is 2.34. The predicted octanol–water partition coefficient (Wildman–Crippen LogP) is 1.05. The van der Waals surface area contributed by atoms with Gasteiger partial charge in [0.1, 0.15) is 5.82 Å². The molecule has 5 N–H and O–H groups in total. The number of nitrogens with zero attached hydrogens (tertiary/aromatic N) is 1. The van der Waals surface area contributed by atoms with Crippen molar-refractivity contribution < 1.29 is 9.84 Å². The average Bonchev–Trinajstić information content (AvgIpc) is 2.93. The van der Waals surface area contributed by atoms with Gasteiger partial charge in [-0.05, 0) is 24.6 Å². The topological polar surface area (TPSA) is 136 Å². The van der Waals surface area contributed by atoms with Gasteiger partial charge in [-0.25, -0.2) is 4.79 Å². The summed E-state index contributed by atoms with van der Waals surface area (Å²) in [6, 6.07) is 4.93. The van der Waals surface area contributed by atoms with Gasteiger partial charge in [0.25, 0.3) is 5.56 Å². The van der Waals surface area contributed by atoms with Crippen molar-refractivity contribution >= 4 is 11.6 Å². The number of aromatic hydroxyl groups is 1. The smallest absolute Gasteiger partial charge is 0.327 e. The van der Waals surface area contributed by atoms with Gasteiger partial charge in [0.15, 0.2) is 17.3 Å². The van der Waals surface area contributed by atoms with Crippen LogP contribution in [-0.4, -0.2) is 32.4 Å². The summed E-state index contributed by atoms with van der Waals surface area (Å²) in [5, 5.41) is 20.2. The Morgan fingerprint density at radius 3 is 2.72 bits per heavy atom. The van der Waals surface area contributed by atoms with E-state index in [1.807, 2.05) is 6.92 Å². The minimum Gasteiger partial charge on any atom is -0.504 e. The van der Waals surface area contributed by atoms with Gasteiger partial charge in [0.05, 0.1) is 12.7 Å². The van der Waals surface area contributed by atoms with E-state index in [9.17, 15) is 14.7 Å². The molecule has 3 heterocycles. The Morgan fingerprint density at radius 2 is 2.00 bits per heavy atom. The molecule has 4 rings (SSSR count). The van der Waals surface area contributed by atoms with E-state index in [0.29, 0.717) is 22.7 Å². The molecule has 0 saturated carbocycles. The first kappa shape index (κ1) is 15.1. The van der Waals surface area contributed by atoms with Gasteiger partial charge in [0, 0.05) is 17.2 Å². The molecule has 9 heteroatoms. The maximum atomic E-state index is 12.5. The van der Waals surface area contributed by atoms with E-state index in [0.717, 1.165) is 11.3 Å². The van der Waals surface area contributed by atoms with Crippen LogP contribution in [0, 0.1) is 6.92 Å². The number of H-pyrrole nitrogens is 3. The summed E-state index contributed by atoms with van der Waals surface area (Å²) in [7, 11) is 1.46. The zero-order valence-electron chi connectivity index (χ0n) is 13.4. The summed E-state index contributed by atoms with van der Waals surface area (Å²) in [5.74, 6) is 0.586. The molecule has 0 bridgehead atoms. The number of ether oxygens (including phenoxy) is 1. The highest BCUT2D eigenvalue weighted by atomic mass is 16.5. The van der Waals surface area contributed by atoms with Crippen LogP contribution in [0.4, 0.5) is 11.6 Å². The van der Waals surface area contributed by atoms with Crippen molar-refractivity contribution in [3.8, 4) is 11.5 Å². The molecule has 0 spiro atoms. The maximum absolute atomic E-state index is 12.5. The number of fused-ring (bicyclic) bond motifs is 2. The number of rotatable bonds is 2. The number of aromatic nitrogens is 4. The van der Waals surface area contributed by atoms with Crippen LogP contribution in [0.25, 0.3) is 0 Å². The number of aromatic amines is 3. The lowest BCUT2D eigenvalue weighted by molar-refractivity contribution is 0.373. The van der Waals surface area contributed by atoms with E-state index < -0.39 is 17.2 Å². The molecular formula is C16H15N5O4. The third-order valence-corrected chi connectivity index (χ3v) is 4.33. The van der Waals surface area contributed by atoms with Crippen LogP contribution in [0.3, 0.4) is 0 Å². The van der Waals surface area contributed by atoms with Crippen molar-refractivity contribution in [1.29, 1.82) is 0 Å². The molecule has 0 saturated heterocycles. The Bertz CT molecular complexity index is 1090. The predicted molar refractivity (Wildman–Crippen MR) is 89.9 cm³/mol. The number of anilines is 2. The van der Waals surface area contributed by atoms with E-state index >= 15 is 0 Å². The Kier molecular flexibility index (Phi) is 3.17. The monoisotopic (exact) mass is 341 g/mol. The molecule has 0 amide bonds. The number of hydrogen-bond donors (Lipinski definition) is 5. The number of phenolic OH excluding ortho intramolecular Hbond substituents is 1. The Morgan fingerprint density at radius 1 is 1.20 bits per heavy atom. The SMILES string of the molecule is COc1ccc([C@@H]2c3c(n[nH]c3C)Nc3[nH]c(=O)[nH]c(=O)c32)cc1O. The number of methoxy groups -OCH3 is 1. The van der Waals surface area contributed by atoms with Crippen molar-refractivity contribution in [2.45, 2.75) is 12.8 Å². The number of benzene rings is 1. The van der Waals surface area contributed by atoms with Crippen molar-refractivity contribution in [3.05, 3.63) is 61.4 Å². The third kappa shape index (κ3) is 2.20. The van der Waals surface area contributed by atoms with Crippen molar-refractivity contribution in [2.24, 2.45) is 0 Å². The van der Waals surface area contributed by atoms with E-state index in [1.165, 1.54) is 7.11 Å². The minimum atomic E-state index is -0.608. The van der Waals surface area contributed by atoms with E-state index in [1.54, 1.807) is 18.2 Å². The summed E-state index contributed by atoms with van der Waals surface area (Å²) in [6.07, 6.45) is 0. The second-order valence-electron chi connectivity index (χ2n) is 5.80.